The lowest BCUT2D eigenvalue weighted by Gasteiger charge is -2.23. The summed E-state index contributed by atoms with van der Waals surface area (Å²) in [6.45, 7) is 4.09. The number of rotatable bonds is 7. The van der Waals surface area contributed by atoms with Gasteiger partial charge in [0.05, 0.1) is 13.2 Å². The molecule has 0 aliphatic carbocycles. The zero-order chi connectivity index (χ0) is 19.2. The van der Waals surface area contributed by atoms with E-state index in [9.17, 15) is 4.79 Å². The molecule has 4 nitrogen and oxygen atoms in total. The van der Waals surface area contributed by atoms with Crippen molar-refractivity contribution in [2.24, 2.45) is 5.92 Å². The highest BCUT2D eigenvalue weighted by Gasteiger charge is 2.22. The second-order valence-electron chi connectivity index (χ2n) is 7.14. The van der Waals surface area contributed by atoms with Crippen LogP contribution in [-0.2, 0) is 4.79 Å². The topological polar surface area (TPSA) is 50.4 Å². The van der Waals surface area contributed by atoms with Crippen LogP contribution in [0.1, 0.15) is 42.0 Å². The van der Waals surface area contributed by atoms with Crippen molar-refractivity contribution in [2.75, 3.05) is 20.2 Å². The summed E-state index contributed by atoms with van der Waals surface area (Å²) in [4.78, 5) is 12.7. The van der Waals surface area contributed by atoms with Gasteiger partial charge in [-0.25, -0.2) is 0 Å². The monoisotopic (exact) mass is 386 g/mol. The van der Waals surface area contributed by atoms with Gasteiger partial charge in [-0.05, 0) is 73.7 Å². The molecule has 0 spiro atoms. The van der Waals surface area contributed by atoms with Crippen LogP contribution in [0, 0.1) is 12.8 Å². The lowest BCUT2D eigenvalue weighted by Crippen LogP contribution is -2.30. The third-order valence-electron chi connectivity index (χ3n) is 5.25. The van der Waals surface area contributed by atoms with Gasteiger partial charge in [0, 0.05) is 11.4 Å². The fourth-order valence-corrected chi connectivity index (χ4v) is 3.91. The molecule has 0 radical (unpaired) electrons. The molecular formula is C22H27ClN2O2. The molecule has 27 heavy (non-hydrogen) atoms. The minimum Gasteiger partial charge on any atom is -0.497 e. The van der Waals surface area contributed by atoms with Crippen LogP contribution in [-0.4, -0.2) is 26.1 Å². The van der Waals surface area contributed by atoms with Crippen molar-refractivity contribution in [3.8, 4) is 5.75 Å². The van der Waals surface area contributed by atoms with Crippen molar-refractivity contribution < 1.29 is 9.53 Å². The standard InChI is InChI=1S/C22H27ClN2O2/c1-15-13-17(27-2)8-9-18(15)22(19-5-3-4-6-20(19)23)25-21(26)10-7-16-11-12-24-14-16/h3-6,8-9,13,16,22,24H,7,10-12,14H2,1-2H3,(H,25,26). The maximum atomic E-state index is 12.7. The molecule has 2 aromatic rings. The average molecular weight is 387 g/mol. The third kappa shape index (κ3) is 5.02. The Morgan fingerprint density at radius 2 is 2.11 bits per heavy atom. The summed E-state index contributed by atoms with van der Waals surface area (Å²) < 4.78 is 5.32. The van der Waals surface area contributed by atoms with E-state index in [1.807, 2.05) is 49.4 Å². The quantitative estimate of drug-likeness (QED) is 0.747. The Bertz CT molecular complexity index is 788. The molecule has 2 N–H and O–H groups in total. The van der Waals surface area contributed by atoms with Crippen molar-refractivity contribution in [2.45, 2.75) is 32.2 Å². The van der Waals surface area contributed by atoms with Crippen LogP contribution in [0.2, 0.25) is 5.02 Å². The van der Waals surface area contributed by atoms with Crippen molar-refractivity contribution in [1.82, 2.24) is 10.6 Å². The molecule has 5 heteroatoms. The van der Waals surface area contributed by atoms with Crippen LogP contribution in [0.5, 0.6) is 5.75 Å². The van der Waals surface area contributed by atoms with Crippen LogP contribution < -0.4 is 15.4 Å². The molecule has 1 saturated heterocycles. The van der Waals surface area contributed by atoms with Gasteiger partial charge in [-0.3, -0.25) is 4.79 Å². The maximum absolute atomic E-state index is 12.7. The largest absolute Gasteiger partial charge is 0.497 e. The van der Waals surface area contributed by atoms with E-state index >= 15 is 0 Å². The molecular weight excluding hydrogens is 360 g/mol. The third-order valence-corrected chi connectivity index (χ3v) is 5.60. The van der Waals surface area contributed by atoms with Crippen molar-refractivity contribution in [1.29, 1.82) is 0 Å². The highest BCUT2D eigenvalue weighted by Crippen LogP contribution is 2.32. The first-order valence-corrected chi connectivity index (χ1v) is 9.85. The van der Waals surface area contributed by atoms with Gasteiger partial charge in [-0.2, -0.15) is 0 Å². The Labute approximate surface area is 166 Å². The molecule has 144 valence electrons. The summed E-state index contributed by atoms with van der Waals surface area (Å²) in [6.07, 6.45) is 2.59. The number of amides is 1. The van der Waals surface area contributed by atoms with E-state index in [0.717, 1.165) is 48.4 Å². The number of benzene rings is 2. The van der Waals surface area contributed by atoms with Crippen molar-refractivity contribution in [3.05, 3.63) is 64.2 Å². The number of nitrogens with one attached hydrogen (secondary N) is 2. The van der Waals surface area contributed by atoms with Gasteiger partial charge in [-0.15, -0.1) is 0 Å². The highest BCUT2D eigenvalue weighted by atomic mass is 35.5. The first-order chi connectivity index (χ1) is 13.1. The predicted molar refractivity (Wildman–Crippen MR) is 109 cm³/mol. The van der Waals surface area contributed by atoms with Crippen molar-refractivity contribution in [3.63, 3.8) is 0 Å². The minimum atomic E-state index is -0.279. The zero-order valence-electron chi connectivity index (χ0n) is 15.9. The van der Waals surface area contributed by atoms with Crippen molar-refractivity contribution >= 4 is 17.5 Å². The van der Waals surface area contributed by atoms with E-state index < -0.39 is 0 Å². The highest BCUT2D eigenvalue weighted by molar-refractivity contribution is 6.31. The number of carbonyl (C=O) groups is 1. The Hall–Kier alpha value is -2.04. The molecule has 1 amide bonds. The van der Waals surface area contributed by atoms with Gasteiger partial charge < -0.3 is 15.4 Å². The number of aryl methyl sites for hydroxylation is 1. The zero-order valence-corrected chi connectivity index (χ0v) is 16.7. The van der Waals surface area contributed by atoms with Crippen LogP contribution in [0.15, 0.2) is 42.5 Å². The molecule has 1 aliphatic heterocycles. The van der Waals surface area contributed by atoms with Gasteiger partial charge in [0.1, 0.15) is 5.75 Å². The lowest BCUT2D eigenvalue weighted by molar-refractivity contribution is -0.121. The summed E-state index contributed by atoms with van der Waals surface area (Å²) in [6, 6.07) is 13.3. The summed E-state index contributed by atoms with van der Waals surface area (Å²) in [5, 5.41) is 7.21. The van der Waals surface area contributed by atoms with E-state index in [0.29, 0.717) is 17.4 Å². The summed E-state index contributed by atoms with van der Waals surface area (Å²) >= 11 is 6.46. The SMILES string of the molecule is COc1ccc(C(NC(=O)CCC2CCNC2)c2ccccc2Cl)c(C)c1. The summed E-state index contributed by atoms with van der Waals surface area (Å²) in [5.74, 6) is 1.45. The fourth-order valence-electron chi connectivity index (χ4n) is 3.66. The van der Waals surface area contributed by atoms with E-state index in [-0.39, 0.29) is 11.9 Å². The molecule has 1 fully saturated rings. The Kier molecular flexibility index (Phi) is 6.75. The summed E-state index contributed by atoms with van der Waals surface area (Å²) in [7, 11) is 1.65. The van der Waals surface area contributed by atoms with E-state index in [1.54, 1.807) is 7.11 Å². The molecule has 3 rings (SSSR count). The van der Waals surface area contributed by atoms with Gasteiger partial charge in [-0.1, -0.05) is 35.9 Å². The van der Waals surface area contributed by atoms with Crippen LogP contribution >= 0.6 is 11.6 Å². The van der Waals surface area contributed by atoms with Gasteiger partial charge in [0.15, 0.2) is 0 Å². The molecule has 2 unspecified atom stereocenters. The molecule has 0 aromatic heterocycles. The first-order valence-electron chi connectivity index (χ1n) is 9.47. The second-order valence-corrected chi connectivity index (χ2v) is 7.55. The van der Waals surface area contributed by atoms with E-state index in [4.69, 9.17) is 16.3 Å². The van der Waals surface area contributed by atoms with Gasteiger partial charge in [0.25, 0.3) is 0 Å². The maximum Gasteiger partial charge on any atom is 0.220 e. The Morgan fingerprint density at radius 1 is 1.30 bits per heavy atom. The Morgan fingerprint density at radius 3 is 2.78 bits per heavy atom. The van der Waals surface area contributed by atoms with Crippen LogP contribution in [0.25, 0.3) is 0 Å². The van der Waals surface area contributed by atoms with E-state index in [1.165, 1.54) is 0 Å². The summed E-state index contributed by atoms with van der Waals surface area (Å²) in [5.41, 5.74) is 2.99. The molecule has 2 atom stereocenters. The second kappa shape index (κ2) is 9.25. The molecule has 1 heterocycles. The number of halogens is 1. The molecule has 2 aromatic carbocycles. The van der Waals surface area contributed by atoms with E-state index in [2.05, 4.69) is 10.6 Å². The van der Waals surface area contributed by atoms with Crippen LogP contribution in [0.4, 0.5) is 0 Å². The number of hydrogen-bond donors (Lipinski definition) is 2. The van der Waals surface area contributed by atoms with Crippen LogP contribution in [0.3, 0.4) is 0 Å². The normalized spacial score (nSPS) is 17.5. The average Bonchev–Trinajstić information content (AvgIpc) is 3.19. The molecule has 1 aliphatic rings. The lowest BCUT2D eigenvalue weighted by atomic mass is 9.94. The number of hydrogen-bond acceptors (Lipinski definition) is 3. The predicted octanol–water partition coefficient (Wildman–Crippen LogP) is 4.25. The minimum absolute atomic E-state index is 0.0574. The molecule has 0 bridgehead atoms. The fraction of sp³-hybridized carbons (Fsp3) is 0.409. The number of ether oxygens (including phenoxy) is 1. The van der Waals surface area contributed by atoms with Gasteiger partial charge in [0.2, 0.25) is 5.91 Å². The number of carbonyl (C=O) groups excluding carboxylic acids is 1. The van der Waals surface area contributed by atoms with Gasteiger partial charge >= 0.3 is 0 Å². The number of methoxy groups -OCH3 is 1. The molecule has 0 saturated carbocycles. The smallest absolute Gasteiger partial charge is 0.220 e. The first kappa shape index (κ1) is 19.7. The Balaban J connectivity index is 1.82.